The van der Waals surface area contributed by atoms with Crippen LogP contribution < -0.4 is 10.6 Å². The van der Waals surface area contributed by atoms with Crippen LogP contribution in [0.5, 0.6) is 0 Å². The van der Waals surface area contributed by atoms with E-state index >= 15 is 0 Å². The van der Waals surface area contributed by atoms with Crippen LogP contribution in [-0.4, -0.2) is 49.3 Å². The highest BCUT2D eigenvalue weighted by Crippen LogP contribution is 2.10. The summed E-state index contributed by atoms with van der Waals surface area (Å²) in [6.45, 7) is 2.82. The molecule has 23 heavy (non-hydrogen) atoms. The molecule has 1 rings (SSSR count). The van der Waals surface area contributed by atoms with Crippen LogP contribution in [0.15, 0.2) is 28.7 Å². The summed E-state index contributed by atoms with van der Waals surface area (Å²) in [5.74, 6) is -0.594. The smallest absolute Gasteiger partial charge is 0.251 e. The monoisotopic (exact) mass is 383 g/mol. The fourth-order valence-electron chi connectivity index (χ4n) is 1.80. The van der Waals surface area contributed by atoms with E-state index in [0.29, 0.717) is 12.1 Å². The van der Waals surface area contributed by atoms with Crippen molar-refractivity contribution in [2.24, 2.45) is 0 Å². The van der Waals surface area contributed by atoms with Gasteiger partial charge in [-0.2, -0.15) is 0 Å². The second-order valence-electron chi connectivity index (χ2n) is 5.11. The summed E-state index contributed by atoms with van der Waals surface area (Å²) in [4.78, 5) is 36.7. The van der Waals surface area contributed by atoms with E-state index in [9.17, 15) is 14.4 Å². The third-order valence-corrected chi connectivity index (χ3v) is 3.64. The minimum atomic E-state index is -0.228. The highest BCUT2D eigenvalue weighted by atomic mass is 79.9. The molecule has 1 aromatic rings. The van der Waals surface area contributed by atoms with Crippen LogP contribution in [0.3, 0.4) is 0 Å². The number of halogens is 1. The van der Waals surface area contributed by atoms with Crippen molar-refractivity contribution >= 4 is 33.7 Å². The predicted molar refractivity (Wildman–Crippen MR) is 92.0 cm³/mol. The highest BCUT2D eigenvalue weighted by Gasteiger charge is 2.13. The first kappa shape index (κ1) is 19.2. The van der Waals surface area contributed by atoms with Gasteiger partial charge in [0.05, 0.1) is 6.54 Å². The number of likely N-dealkylation sites (N-methyl/N-ethyl adjacent to an activating group) is 1. The topological polar surface area (TPSA) is 78.5 Å². The maximum Gasteiger partial charge on any atom is 0.251 e. The van der Waals surface area contributed by atoms with Crippen LogP contribution >= 0.6 is 15.9 Å². The lowest BCUT2D eigenvalue weighted by Gasteiger charge is -2.16. The van der Waals surface area contributed by atoms with Gasteiger partial charge in [-0.15, -0.1) is 0 Å². The third-order valence-electron chi connectivity index (χ3n) is 3.11. The molecule has 7 heteroatoms. The Labute approximate surface area is 144 Å². The van der Waals surface area contributed by atoms with E-state index in [0.717, 1.165) is 10.9 Å². The molecular weight excluding hydrogens is 362 g/mol. The van der Waals surface area contributed by atoms with Crippen LogP contribution in [0.4, 0.5) is 0 Å². The van der Waals surface area contributed by atoms with Crippen LogP contribution in [0, 0.1) is 0 Å². The molecule has 0 spiro atoms. The Balaban J connectivity index is 2.31. The van der Waals surface area contributed by atoms with Crippen LogP contribution in [-0.2, 0) is 9.59 Å². The first-order valence-corrected chi connectivity index (χ1v) is 8.27. The van der Waals surface area contributed by atoms with Gasteiger partial charge in [0.15, 0.2) is 0 Å². The van der Waals surface area contributed by atoms with Crippen molar-refractivity contribution in [1.29, 1.82) is 0 Å². The normalized spacial score (nSPS) is 10.0. The second-order valence-corrected chi connectivity index (χ2v) is 6.03. The standard InChI is InChI=1S/C16H22BrN3O3/c1-3-9-18-14(21)11-20(2)15(22)8-10-19-16(23)12-4-6-13(17)7-5-12/h4-7H,3,8-11H2,1-2H3,(H,18,21)(H,19,23). The minimum Gasteiger partial charge on any atom is -0.355 e. The molecule has 126 valence electrons. The van der Waals surface area contributed by atoms with E-state index in [-0.39, 0.29) is 37.2 Å². The molecule has 0 bridgehead atoms. The van der Waals surface area contributed by atoms with E-state index in [2.05, 4.69) is 26.6 Å². The number of amides is 3. The summed E-state index contributed by atoms with van der Waals surface area (Å²) >= 11 is 3.30. The number of carbonyl (C=O) groups is 3. The molecule has 0 saturated heterocycles. The van der Waals surface area contributed by atoms with Crippen molar-refractivity contribution in [3.05, 3.63) is 34.3 Å². The lowest BCUT2D eigenvalue weighted by molar-refractivity contribution is -0.134. The lowest BCUT2D eigenvalue weighted by Crippen LogP contribution is -2.39. The number of nitrogens with zero attached hydrogens (tertiary/aromatic N) is 1. The number of hydrogen-bond acceptors (Lipinski definition) is 3. The average molecular weight is 384 g/mol. The maximum absolute atomic E-state index is 11.9. The number of nitrogens with one attached hydrogen (secondary N) is 2. The molecule has 0 aliphatic carbocycles. The van der Waals surface area contributed by atoms with Crippen molar-refractivity contribution in [2.45, 2.75) is 19.8 Å². The van der Waals surface area contributed by atoms with Gasteiger partial charge in [-0.25, -0.2) is 0 Å². The highest BCUT2D eigenvalue weighted by molar-refractivity contribution is 9.10. The summed E-state index contributed by atoms with van der Waals surface area (Å²) in [5, 5.41) is 5.40. The molecule has 0 aromatic heterocycles. The molecule has 0 unspecified atom stereocenters. The summed E-state index contributed by atoms with van der Waals surface area (Å²) in [7, 11) is 1.57. The Kier molecular flexibility index (Phi) is 8.32. The van der Waals surface area contributed by atoms with Gasteiger partial charge in [-0.1, -0.05) is 22.9 Å². The lowest BCUT2D eigenvalue weighted by atomic mass is 10.2. The van der Waals surface area contributed by atoms with E-state index in [1.807, 2.05) is 6.92 Å². The van der Waals surface area contributed by atoms with Crippen molar-refractivity contribution in [3.8, 4) is 0 Å². The zero-order chi connectivity index (χ0) is 17.2. The van der Waals surface area contributed by atoms with Gasteiger partial charge in [0.2, 0.25) is 11.8 Å². The molecule has 0 saturated carbocycles. The molecule has 2 N–H and O–H groups in total. The molecule has 1 aromatic carbocycles. The van der Waals surface area contributed by atoms with Gasteiger partial charge in [-0.3, -0.25) is 14.4 Å². The molecule has 0 aliphatic rings. The average Bonchev–Trinajstić information content (AvgIpc) is 2.53. The molecule has 0 atom stereocenters. The van der Waals surface area contributed by atoms with Crippen molar-refractivity contribution < 1.29 is 14.4 Å². The van der Waals surface area contributed by atoms with Gasteiger partial charge in [-0.05, 0) is 30.7 Å². The van der Waals surface area contributed by atoms with E-state index in [1.54, 1.807) is 31.3 Å². The first-order chi connectivity index (χ1) is 10.9. The molecule has 0 fully saturated rings. The van der Waals surface area contributed by atoms with Crippen molar-refractivity contribution in [2.75, 3.05) is 26.7 Å². The van der Waals surface area contributed by atoms with E-state index in [4.69, 9.17) is 0 Å². The fourth-order valence-corrected chi connectivity index (χ4v) is 2.07. The van der Waals surface area contributed by atoms with Gasteiger partial charge in [0.1, 0.15) is 0 Å². The Morgan fingerprint density at radius 1 is 1.09 bits per heavy atom. The zero-order valence-electron chi connectivity index (χ0n) is 13.4. The predicted octanol–water partition coefficient (Wildman–Crippen LogP) is 1.55. The molecular formula is C16H22BrN3O3. The molecule has 6 nitrogen and oxygen atoms in total. The van der Waals surface area contributed by atoms with Gasteiger partial charge in [0.25, 0.3) is 5.91 Å². The summed E-state index contributed by atoms with van der Waals surface area (Å²) < 4.78 is 0.896. The fraction of sp³-hybridized carbons (Fsp3) is 0.438. The van der Waals surface area contributed by atoms with Crippen LogP contribution in [0.2, 0.25) is 0 Å². The van der Waals surface area contributed by atoms with E-state index < -0.39 is 0 Å². The summed E-state index contributed by atoms with van der Waals surface area (Å²) in [5.41, 5.74) is 0.535. The largest absolute Gasteiger partial charge is 0.355 e. The minimum absolute atomic E-state index is 0.0273. The molecule has 0 aliphatic heterocycles. The third kappa shape index (κ3) is 7.27. The zero-order valence-corrected chi connectivity index (χ0v) is 15.0. The quantitative estimate of drug-likeness (QED) is 0.714. The first-order valence-electron chi connectivity index (χ1n) is 7.48. The maximum atomic E-state index is 11.9. The molecule has 3 amide bonds. The van der Waals surface area contributed by atoms with Crippen LogP contribution in [0.25, 0.3) is 0 Å². The Morgan fingerprint density at radius 2 is 1.74 bits per heavy atom. The SMILES string of the molecule is CCCNC(=O)CN(C)C(=O)CCNC(=O)c1ccc(Br)cc1. The van der Waals surface area contributed by atoms with Gasteiger partial charge in [0, 0.05) is 36.6 Å². The Morgan fingerprint density at radius 3 is 2.35 bits per heavy atom. The molecule has 0 radical (unpaired) electrons. The summed E-state index contributed by atoms with van der Waals surface area (Å²) in [6.07, 6.45) is 1.01. The van der Waals surface area contributed by atoms with E-state index in [1.165, 1.54) is 4.90 Å². The second kappa shape index (κ2) is 9.99. The van der Waals surface area contributed by atoms with Crippen molar-refractivity contribution in [3.63, 3.8) is 0 Å². The molecule has 0 heterocycles. The Hall–Kier alpha value is -1.89. The van der Waals surface area contributed by atoms with Gasteiger partial charge >= 0.3 is 0 Å². The summed E-state index contributed by atoms with van der Waals surface area (Å²) in [6, 6.07) is 6.96. The van der Waals surface area contributed by atoms with Crippen molar-refractivity contribution in [1.82, 2.24) is 15.5 Å². The number of rotatable bonds is 8. The van der Waals surface area contributed by atoms with Crippen LogP contribution in [0.1, 0.15) is 30.1 Å². The van der Waals surface area contributed by atoms with Gasteiger partial charge < -0.3 is 15.5 Å². The Bertz CT molecular complexity index is 546. The number of carbonyl (C=O) groups excluding carboxylic acids is 3. The number of hydrogen-bond donors (Lipinski definition) is 2. The number of benzene rings is 1.